The average molecular weight is 363 g/mol. The first kappa shape index (κ1) is 16.9. The highest BCUT2D eigenvalue weighted by Gasteiger charge is 2.09. The van der Waals surface area contributed by atoms with E-state index >= 15 is 0 Å². The van der Waals surface area contributed by atoms with Crippen LogP contribution < -0.4 is 16.0 Å². The number of fused-ring (bicyclic) bond motifs is 1. The number of hydrogen-bond acceptors (Lipinski definition) is 5. The Balaban J connectivity index is 2.32. The smallest absolute Gasteiger partial charge is 0.420 e. The van der Waals surface area contributed by atoms with Gasteiger partial charge in [0.15, 0.2) is 0 Å². The van der Waals surface area contributed by atoms with Crippen LogP contribution in [0.2, 0.25) is 5.02 Å². The summed E-state index contributed by atoms with van der Waals surface area (Å²) in [6.07, 6.45) is 0. The number of rotatable bonds is 2. The molecule has 1 heterocycles. The highest BCUT2D eigenvalue weighted by atomic mass is 35.5. The third kappa shape index (κ3) is 3.46. The molecule has 0 aliphatic carbocycles. The Bertz CT molecular complexity index is 1120. The molecular weight excluding hydrogens is 351 g/mol. The molecule has 0 radical (unpaired) electrons. The summed E-state index contributed by atoms with van der Waals surface area (Å²) in [5.41, 5.74) is 0.876. The average Bonchev–Trinajstić information content (AvgIpc) is 2.55. The van der Waals surface area contributed by atoms with Gasteiger partial charge in [-0.2, -0.15) is 0 Å². The van der Waals surface area contributed by atoms with Gasteiger partial charge in [-0.1, -0.05) is 11.6 Å². The molecule has 25 heavy (non-hydrogen) atoms. The van der Waals surface area contributed by atoms with Gasteiger partial charge in [-0.25, -0.2) is 14.2 Å². The zero-order valence-electron chi connectivity index (χ0n) is 13.2. The monoisotopic (exact) mass is 362 g/mol. The minimum atomic E-state index is -0.625. The maximum absolute atomic E-state index is 13.3. The Labute approximate surface area is 145 Å². The number of carbonyl (C=O) groups is 1. The lowest BCUT2D eigenvalue weighted by Crippen LogP contribution is -2.30. The highest BCUT2D eigenvalue weighted by Crippen LogP contribution is 2.22. The van der Waals surface area contributed by atoms with E-state index in [4.69, 9.17) is 20.8 Å². The van der Waals surface area contributed by atoms with Gasteiger partial charge in [0.25, 0.3) is 0 Å². The lowest BCUT2D eigenvalue weighted by atomic mass is 10.2. The molecule has 6 nitrogen and oxygen atoms in total. The Morgan fingerprint density at radius 2 is 2.04 bits per heavy atom. The summed E-state index contributed by atoms with van der Waals surface area (Å²) in [4.78, 5) is 27.5. The zero-order chi connectivity index (χ0) is 18.1. The summed E-state index contributed by atoms with van der Waals surface area (Å²) in [5.74, 6) is -1.40. The molecular formula is C17H12ClFN2O4. The van der Waals surface area contributed by atoms with Crippen molar-refractivity contribution in [3.05, 3.63) is 63.3 Å². The van der Waals surface area contributed by atoms with Gasteiger partial charge in [-0.3, -0.25) is 9.36 Å². The molecule has 3 rings (SSSR count). The molecule has 0 spiro atoms. The lowest BCUT2D eigenvalue weighted by Gasteiger charge is -2.06. The van der Waals surface area contributed by atoms with E-state index in [0.717, 1.165) is 0 Å². The Kier molecular flexibility index (Phi) is 4.41. The summed E-state index contributed by atoms with van der Waals surface area (Å²) < 4.78 is 24.8. The van der Waals surface area contributed by atoms with E-state index in [-0.39, 0.29) is 21.8 Å². The SMILES string of the molecule is CC(=O)Oc1ccc2oc(=O)n(C)c(=Nc3ccc(F)c(Cl)c3)c2c1. The van der Waals surface area contributed by atoms with Gasteiger partial charge in [0.2, 0.25) is 0 Å². The van der Waals surface area contributed by atoms with Gasteiger partial charge in [-0.05, 0) is 36.4 Å². The summed E-state index contributed by atoms with van der Waals surface area (Å²) in [6.45, 7) is 1.28. The molecule has 3 aromatic rings. The van der Waals surface area contributed by atoms with Crippen LogP contribution in [0.15, 0.2) is 50.6 Å². The molecule has 0 N–H and O–H groups in total. The molecule has 0 fully saturated rings. The quantitative estimate of drug-likeness (QED) is 0.518. The molecule has 0 saturated carbocycles. The lowest BCUT2D eigenvalue weighted by molar-refractivity contribution is -0.131. The number of nitrogens with zero attached hydrogens (tertiary/aromatic N) is 2. The van der Waals surface area contributed by atoms with Crippen molar-refractivity contribution in [1.82, 2.24) is 4.57 Å². The summed E-state index contributed by atoms with van der Waals surface area (Å²) >= 11 is 5.77. The van der Waals surface area contributed by atoms with Gasteiger partial charge in [0.05, 0.1) is 16.1 Å². The molecule has 0 saturated heterocycles. The molecule has 0 aliphatic heterocycles. The van der Waals surface area contributed by atoms with Crippen molar-refractivity contribution in [2.45, 2.75) is 6.92 Å². The number of carbonyl (C=O) groups excluding carboxylic acids is 1. The molecule has 0 amide bonds. The Morgan fingerprint density at radius 3 is 2.72 bits per heavy atom. The Hall–Kier alpha value is -2.93. The van der Waals surface area contributed by atoms with E-state index in [0.29, 0.717) is 11.1 Å². The maximum atomic E-state index is 13.3. The second kappa shape index (κ2) is 6.52. The van der Waals surface area contributed by atoms with E-state index < -0.39 is 17.5 Å². The fourth-order valence-corrected chi connectivity index (χ4v) is 2.42. The van der Waals surface area contributed by atoms with Crippen molar-refractivity contribution >= 4 is 34.2 Å². The third-order valence-corrected chi connectivity index (χ3v) is 3.67. The van der Waals surface area contributed by atoms with Crippen molar-refractivity contribution < 1.29 is 18.3 Å². The third-order valence-electron chi connectivity index (χ3n) is 3.38. The van der Waals surface area contributed by atoms with Crippen LogP contribution in [0.3, 0.4) is 0 Å². The van der Waals surface area contributed by atoms with Crippen LogP contribution in [-0.4, -0.2) is 10.5 Å². The van der Waals surface area contributed by atoms with Crippen LogP contribution in [0, 0.1) is 5.82 Å². The summed E-state index contributed by atoms with van der Waals surface area (Å²) in [5, 5.41) is 0.359. The van der Waals surface area contributed by atoms with Crippen LogP contribution in [0.4, 0.5) is 10.1 Å². The topological polar surface area (TPSA) is 73.8 Å². The maximum Gasteiger partial charge on any atom is 0.420 e. The van der Waals surface area contributed by atoms with Crippen LogP contribution >= 0.6 is 11.6 Å². The van der Waals surface area contributed by atoms with Gasteiger partial charge in [0.1, 0.15) is 22.6 Å². The number of halogens is 2. The van der Waals surface area contributed by atoms with Crippen molar-refractivity contribution in [3.63, 3.8) is 0 Å². The first-order valence-electron chi connectivity index (χ1n) is 7.17. The molecule has 2 aromatic carbocycles. The molecule has 0 bridgehead atoms. The van der Waals surface area contributed by atoms with E-state index in [1.165, 1.54) is 54.9 Å². The van der Waals surface area contributed by atoms with Crippen LogP contribution in [0.25, 0.3) is 11.0 Å². The van der Waals surface area contributed by atoms with E-state index in [1.807, 2.05) is 0 Å². The van der Waals surface area contributed by atoms with Crippen LogP contribution in [0.1, 0.15) is 6.92 Å². The van der Waals surface area contributed by atoms with E-state index in [1.54, 1.807) is 0 Å². The standard InChI is InChI=1S/C17H12ClFN2O4/c1-9(22)24-11-4-6-15-12(8-11)16(21(2)17(23)25-15)20-10-3-5-14(19)13(18)7-10/h3-8H,1-2H3. The number of esters is 1. The van der Waals surface area contributed by atoms with Crippen molar-refractivity contribution in [3.8, 4) is 5.75 Å². The fourth-order valence-electron chi connectivity index (χ4n) is 2.24. The number of benzene rings is 2. The van der Waals surface area contributed by atoms with Crippen LogP contribution in [0.5, 0.6) is 5.75 Å². The molecule has 0 unspecified atom stereocenters. The van der Waals surface area contributed by atoms with Gasteiger partial charge >= 0.3 is 11.7 Å². The first-order valence-corrected chi connectivity index (χ1v) is 7.55. The second-order valence-corrected chi connectivity index (χ2v) is 5.62. The number of aromatic nitrogens is 1. The second-order valence-electron chi connectivity index (χ2n) is 5.21. The molecule has 8 heteroatoms. The summed E-state index contributed by atoms with van der Waals surface area (Å²) in [6, 6.07) is 8.49. The molecule has 0 atom stereocenters. The van der Waals surface area contributed by atoms with Crippen molar-refractivity contribution in [2.75, 3.05) is 0 Å². The molecule has 1 aromatic heterocycles. The van der Waals surface area contributed by atoms with Crippen molar-refractivity contribution in [1.29, 1.82) is 0 Å². The number of ether oxygens (including phenoxy) is 1. The predicted molar refractivity (Wildman–Crippen MR) is 89.4 cm³/mol. The minimum Gasteiger partial charge on any atom is -0.427 e. The normalized spacial score (nSPS) is 11.8. The van der Waals surface area contributed by atoms with Gasteiger partial charge in [-0.15, -0.1) is 0 Å². The van der Waals surface area contributed by atoms with Gasteiger partial charge in [0, 0.05) is 14.0 Å². The minimum absolute atomic E-state index is 0.0863. The van der Waals surface area contributed by atoms with Gasteiger partial charge < -0.3 is 9.15 Å². The predicted octanol–water partition coefficient (Wildman–Crippen LogP) is 3.08. The highest BCUT2D eigenvalue weighted by molar-refractivity contribution is 6.31. The van der Waals surface area contributed by atoms with Crippen molar-refractivity contribution in [2.24, 2.45) is 12.0 Å². The molecule has 128 valence electrons. The Morgan fingerprint density at radius 1 is 1.28 bits per heavy atom. The fraction of sp³-hybridized carbons (Fsp3) is 0.118. The summed E-state index contributed by atoms with van der Waals surface area (Å²) in [7, 11) is 1.48. The van der Waals surface area contributed by atoms with Crippen LogP contribution in [-0.2, 0) is 11.8 Å². The zero-order valence-corrected chi connectivity index (χ0v) is 14.0. The largest absolute Gasteiger partial charge is 0.427 e. The van der Waals surface area contributed by atoms with E-state index in [2.05, 4.69) is 4.99 Å². The molecule has 0 aliphatic rings. The first-order chi connectivity index (χ1) is 11.8. The number of hydrogen-bond donors (Lipinski definition) is 0. The van der Waals surface area contributed by atoms with E-state index in [9.17, 15) is 14.0 Å².